The van der Waals surface area contributed by atoms with E-state index in [0.717, 1.165) is 42.0 Å². The molecule has 0 radical (unpaired) electrons. The molecule has 2 N–H and O–H groups in total. The van der Waals surface area contributed by atoms with Gasteiger partial charge in [-0.1, -0.05) is 6.07 Å². The van der Waals surface area contributed by atoms with E-state index in [1.165, 1.54) is 43.4 Å². The zero-order valence-corrected chi connectivity index (χ0v) is 16.0. The summed E-state index contributed by atoms with van der Waals surface area (Å²) in [6.45, 7) is 0.686. The Morgan fingerprint density at radius 2 is 1.96 bits per heavy atom. The van der Waals surface area contributed by atoms with Crippen molar-refractivity contribution < 1.29 is 4.79 Å². The van der Waals surface area contributed by atoms with Gasteiger partial charge in [-0.25, -0.2) is 4.98 Å². The normalized spacial score (nSPS) is 32.1. The lowest BCUT2D eigenvalue weighted by atomic mass is 9.49. The minimum absolute atomic E-state index is 0.254. The van der Waals surface area contributed by atoms with Gasteiger partial charge in [-0.2, -0.15) is 0 Å². The third kappa shape index (κ3) is 3.11. The minimum atomic E-state index is 0.254. The average Bonchev–Trinajstić information content (AvgIpc) is 3.23. The molecule has 5 heteroatoms. The van der Waals surface area contributed by atoms with Gasteiger partial charge in [-0.3, -0.25) is 4.79 Å². The number of hydrogen-bond acceptors (Lipinski definition) is 3. The number of carbonyl (C=O) groups excluding carboxylic acids is 1. The number of carbonyl (C=O) groups is 1. The molecule has 4 aliphatic carbocycles. The SMILES string of the molecule is O=C(CC12CC3CC(CC(C3)C1)C2)NCCc1[nH]cnc1-c1cccs1. The highest BCUT2D eigenvalue weighted by molar-refractivity contribution is 7.13. The highest BCUT2D eigenvalue weighted by atomic mass is 32.1. The maximum absolute atomic E-state index is 12.6. The molecule has 1 amide bonds. The average molecular weight is 370 g/mol. The van der Waals surface area contributed by atoms with Gasteiger partial charge in [0.2, 0.25) is 5.91 Å². The van der Waals surface area contributed by atoms with Crippen LogP contribution >= 0.6 is 11.3 Å². The van der Waals surface area contributed by atoms with E-state index in [4.69, 9.17) is 0 Å². The molecule has 4 saturated carbocycles. The Balaban J connectivity index is 1.16. The van der Waals surface area contributed by atoms with Gasteiger partial charge in [-0.15, -0.1) is 11.3 Å². The van der Waals surface area contributed by atoms with Crippen LogP contribution < -0.4 is 5.32 Å². The topological polar surface area (TPSA) is 57.8 Å². The lowest BCUT2D eigenvalue weighted by molar-refractivity contribution is -0.129. The summed E-state index contributed by atoms with van der Waals surface area (Å²) in [5.74, 6) is 2.98. The quantitative estimate of drug-likeness (QED) is 0.793. The van der Waals surface area contributed by atoms with Gasteiger partial charge in [0.25, 0.3) is 0 Å². The highest BCUT2D eigenvalue weighted by Gasteiger charge is 2.51. The number of aromatic nitrogens is 2. The first-order valence-electron chi connectivity index (χ1n) is 10.0. The van der Waals surface area contributed by atoms with Crippen LogP contribution in [0.3, 0.4) is 0 Å². The molecule has 6 rings (SSSR count). The second kappa shape index (κ2) is 6.52. The van der Waals surface area contributed by atoms with Gasteiger partial charge in [-0.05, 0) is 73.1 Å². The predicted octanol–water partition coefficient (Wildman–Crippen LogP) is 4.40. The van der Waals surface area contributed by atoms with Crippen LogP contribution in [0.1, 0.15) is 50.6 Å². The third-order valence-corrected chi connectivity index (χ3v) is 7.75. The molecule has 4 fully saturated rings. The maximum Gasteiger partial charge on any atom is 0.220 e. The predicted molar refractivity (Wildman–Crippen MR) is 104 cm³/mol. The molecule has 0 atom stereocenters. The summed E-state index contributed by atoms with van der Waals surface area (Å²) in [6.07, 6.45) is 11.5. The monoisotopic (exact) mass is 369 g/mol. The zero-order valence-electron chi connectivity index (χ0n) is 15.2. The summed E-state index contributed by atoms with van der Waals surface area (Å²) >= 11 is 1.70. The summed E-state index contributed by atoms with van der Waals surface area (Å²) in [6, 6.07) is 4.14. The van der Waals surface area contributed by atoms with Crippen molar-refractivity contribution in [2.45, 2.75) is 51.4 Å². The van der Waals surface area contributed by atoms with Crippen LogP contribution in [-0.4, -0.2) is 22.4 Å². The molecule has 2 heterocycles. The lowest BCUT2D eigenvalue weighted by Gasteiger charge is -2.56. The number of imidazole rings is 1. The minimum Gasteiger partial charge on any atom is -0.356 e. The molecule has 4 nitrogen and oxygen atoms in total. The molecular formula is C21H27N3OS. The smallest absolute Gasteiger partial charge is 0.220 e. The first-order chi connectivity index (χ1) is 12.7. The van der Waals surface area contributed by atoms with Crippen LogP contribution in [-0.2, 0) is 11.2 Å². The van der Waals surface area contributed by atoms with Gasteiger partial charge < -0.3 is 10.3 Å². The number of rotatable bonds is 6. The fourth-order valence-electron chi connectivity index (χ4n) is 6.37. The van der Waals surface area contributed by atoms with Crippen molar-refractivity contribution in [1.82, 2.24) is 15.3 Å². The molecule has 4 bridgehead atoms. The molecule has 26 heavy (non-hydrogen) atoms. The molecule has 2 aromatic heterocycles. The molecule has 0 unspecified atom stereocenters. The van der Waals surface area contributed by atoms with E-state index >= 15 is 0 Å². The summed E-state index contributed by atoms with van der Waals surface area (Å²) in [4.78, 5) is 21.5. The van der Waals surface area contributed by atoms with Crippen LogP contribution in [0.25, 0.3) is 10.6 Å². The molecule has 0 spiro atoms. The molecular weight excluding hydrogens is 342 g/mol. The molecule has 138 valence electrons. The largest absolute Gasteiger partial charge is 0.356 e. The Bertz CT molecular complexity index is 744. The number of hydrogen-bond donors (Lipinski definition) is 2. The summed E-state index contributed by atoms with van der Waals surface area (Å²) < 4.78 is 0. The lowest BCUT2D eigenvalue weighted by Crippen LogP contribution is -2.48. The maximum atomic E-state index is 12.6. The van der Waals surface area contributed by atoms with E-state index < -0.39 is 0 Å². The van der Waals surface area contributed by atoms with Crippen molar-refractivity contribution in [2.24, 2.45) is 23.2 Å². The summed E-state index contributed by atoms with van der Waals surface area (Å²) in [5, 5.41) is 5.26. The van der Waals surface area contributed by atoms with Gasteiger partial charge in [0.05, 0.1) is 11.2 Å². The summed E-state index contributed by atoms with van der Waals surface area (Å²) in [7, 11) is 0. The van der Waals surface area contributed by atoms with Gasteiger partial charge in [0, 0.05) is 25.1 Å². The van der Waals surface area contributed by atoms with Crippen LogP contribution in [0.15, 0.2) is 23.8 Å². The molecule has 0 aliphatic heterocycles. The Kier molecular flexibility index (Phi) is 4.15. The van der Waals surface area contributed by atoms with Crippen molar-refractivity contribution in [3.63, 3.8) is 0 Å². The van der Waals surface area contributed by atoms with Crippen LogP contribution in [0.4, 0.5) is 0 Å². The Labute approximate surface area is 158 Å². The van der Waals surface area contributed by atoms with E-state index in [0.29, 0.717) is 12.0 Å². The van der Waals surface area contributed by atoms with Crippen molar-refractivity contribution in [3.8, 4) is 10.6 Å². The highest BCUT2D eigenvalue weighted by Crippen LogP contribution is 2.61. The second-order valence-corrected chi connectivity index (χ2v) is 9.85. The number of H-pyrrole nitrogens is 1. The van der Waals surface area contributed by atoms with Gasteiger partial charge in [0.15, 0.2) is 0 Å². The summed E-state index contributed by atoms with van der Waals surface area (Å²) in [5.41, 5.74) is 2.47. The Morgan fingerprint density at radius 3 is 2.62 bits per heavy atom. The van der Waals surface area contributed by atoms with Gasteiger partial charge in [0.1, 0.15) is 5.69 Å². The van der Waals surface area contributed by atoms with Gasteiger partial charge >= 0.3 is 0 Å². The Hall–Kier alpha value is -1.62. The van der Waals surface area contributed by atoms with E-state index in [1.807, 2.05) is 6.07 Å². The Morgan fingerprint density at radius 1 is 1.23 bits per heavy atom. The van der Waals surface area contributed by atoms with Crippen molar-refractivity contribution >= 4 is 17.2 Å². The third-order valence-electron chi connectivity index (χ3n) is 6.87. The molecule has 0 aromatic carbocycles. The standard InChI is InChI=1S/C21H27N3OS/c25-19(12-21-9-14-6-15(10-21)8-16(7-14)11-21)22-4-3-17-20(24-13-23-17)18-2-1-5-26-18/h1-2,5,13-16H,3-4,6-12H2,(H,22,25)(H,23,24). The first-order valence-corrected chi connectivity index (χ1v) is 10.9. The number of aromatic amines is 1. The molecule has 2 aromatic rings. The number of nitrogens with one attached hydrogen (secondary N) is 2. The van der Waals surface area contributed by atoms with E-state index in [-0.39, 0.29) is 5.91 Å². The number of thiophene rings is 1. The van der Waals surface area contributed by atoms with Crippen molar-refractivity contribution in [1.29, 1.82) is 0 Å². The first kappa shape index (κ1) is 16.5. The molecule has 0 saturated heterocycles. The second-order valence-electron chi connectivity index (χ2n) is 8.90. The fourth-order valence-corrected chi connectivity index (χ4v) is 7.12. The molecule has 4 aliphatic rings. The van der Waals surface area contributed by atoms with E-state index in [9.17, 15) is 4.79 Å². The fraction of sp³-hybridized carbons (Fsp3) is 0.619. The van der Waals surface area contributed by atoms with Crippen LogP contribution in [0, 0.1) is 23.2 Å². The van der Waals surface area contributed by atoms with Crippen molar-refractivity contribution in [3.05, 3.63) is 29.5 Å². The van der Waals surface area contributed by atoms with E-state index in [1.54, 1.807) is 17.7 Å². The van der Waals surface area contributed by atoms with Crippen molar-refractivity contribution in [2.75, 3.05) is 6.54 Å². The zero-order chi connectivity index (χ0) is 17.6. The number of nitrogens with zero attached hydrogens (tertiary/aromatic N) is 1. The van der Waals surface area contributed by atoms with Crippen LogP contribution in [0.2, 0.25) is 0 Å². The van der Waals surface area contributed by atoms with Crippen LogP contribution in [0.5, 0.6) is 0 Å². The van der Waals surface area contributed by atoms with E-state index in [2.05, 4.69) is 26.7 Å². The number of amides is 1.